The summed E-state index contributed by atoms with van der Waals surface area (Å²) in [5.74, 6) is 0.362. The highest BCUT2D eigenvalue weighted by molar-refractivity contribution is 5.94. The molecule has 0 aliphatic heterocycles. The van der Waals surface area contributed by atoms with Crippen LogP contribution in [0, 0.1) is 0 Å². The van der Waals surface area contributed by atoms with E-state index in [0.29, 0.717) is 23.7 Å². The number of carbonyl (C=O) groups excluding carboxylic acids is 2. The van der Waals surface area contributed by atoms with Crippen LogP contribution in [-0.4, -0.2) is 37.5 Å². The van der Waals surface area contributed by atoms with Gasteiger partial charge in [0.1, 0.15) is 5.75 Å². The molecule has 0 spiro atoms. The predicted molar refractivity (Wildman–Crippen MR) is 109 cm³/mol. The number of urea groups is 1. The quantitative estimate of drug-likeness (QED) is 0.631. The van der Waals surface area contributed by atoms with E-state index in [1.54, 1.807) is 37.3 Å². The van der Waals surface area contributed by atoms with Crippen LogP contribution in [0.15, 0.2) is 48.5 Å². The molecule has 7 nitrogen and oxygen atoms in total. The van der Waals surface area contributed by atoms with Crippen LogP contribution in [0.1, 0.15) is 12.0 Å². The first-order valence-electron chi connectivity index (χ1n) is 8.26. The Morgan fingerprint density at radius 1 is 1.15 bits per heavy atom. The lowest BCUT2D eigenvalue weighted by molar-refractivity contribution is -0.116. The second-order valence-electron chi connectivity index (χ2n) is 5.82. The average Bonchev–Trinajstić information content (AvgIpc) is 2.64. The average molecular weight is 393 g/mol. The fraction of sp³-hybridized carbons (Fsp3) is 0.263. The van der Waals surface area contributed by atoms with Crippen molar-refractivity contribution in [3.05, 3.63) is 54.1 Å². The van der Waals surface area contributed by atoms with E-state index in [-0.39, 0.29) is 37.3 Å². The van der Waals surface area contributed by atoms with Crippen LogP contribution in [0.25, 0.3) is 0 Å². The zero-order valence-electron chi connectivity index (χ0n) is 15.4. The predicted octanol–water partition coefficient (Wildman–Crippen LogP) is 2.87. The highest BCUT2D eigenvalue weighted by Gasteiger charge is 2.10. The molecule has 4 N–H and O–H groups in total. The standard InChI is InChI=1S/C19H24N4O3.ClH/c1-23(13-14-6-4-3-5-7-14)19(25)21-11-10-18(24)22-17-12-15(26-2)8-9-16(17)20;/h3-9,12H,10-11,13,20H2,1-2H3,(H,21,25)(H,22,24);1H. The molecule has 0 saturated heterocycles. The number of nitrogen functional groups attached to an aromatic ring is 1. The van der Waals surface area contributed by atoms with Crippen LogP contribution >= 0.6 is 12.4 Å². The molecule has 0 radical (unpaired) electrons. The van der Waals surface area contributed by atoms with Crippen LogP contribution in [0.2, 0.25) is 0 Å². The second kappa shape index (κ2) is 10.9. The Kier molecular flexibility index (Phi) is 8.95. The van der Waals surface area contributed by atoms with E-state index in [2.05, 4.69) is 10.6 Å². The first-order valence-corrected chi connectivity index (χ1v) is 8.26. The van der Waals surface area contributed by atoms with E-state index in [0.717, 1.165) is 5.56 Å². The Hall–Kier alpha value is -2.93. The maximum Gasteiger partial charge on any atom is 0.317 e. The number of halogens is 1. The maximum atomic E-state index is 12.1. The summed E-state index contributed by atoms with van der Waals surface area (Å²) in [7, 11) is 3.25. The summed E-state index contributed by atoms with van der Waals surface area (Å²) in [5, 5.41) is 5.45. The van der Waals surface area contributed by atoms with Crippen molar-refractivity contribution in [3.8, 4) is 5.75 Å². The number of hydrogen-bond acceptors (Lipinski definition) is 4. The molecule has 0 atom stereocenters. The molecule has 0 unspecified atom stereocenters. The number of carbonyl (C=O) groups is 2. The molecule has 2 rings (SSSR count). The van der Waals surface area contributed by atoms with E-state index >= 15 is 0 Å². The van der Waals surface area contributed by atoms with Crippen molar-refractivity contribution in [2.45, 2.75) is 13.0 Å². The molecule has 2 aromatic rings. The van der Waals surface area contributed by atoms with E-state index in [1.165, 1.54) is 0 Å². The molecule has 3 amide bonds. The third-order valence-corrected chi connectivity index (χ3v) is 3.77. The molecule has 146 valence electrons. The molecule has 0 aliphatic rings. The van der Waals surface area contributed by atoms with Gasteiger partial charge in [-0.25, -0.2) is 4.79 Å². The topological polar surface area (TPSA) is 96.7 Å². The van der Waals surface area contributed by atoms with Gasteiger partial charge in [-0.15, -0.1) is 12.4 Å². The number of methoxy groups -OCH3 is 1. The number of ether oxygens (including phenoxy) is 1. The SMILES string of the molecule is COc1ccc(N)c(NC(=O)CCNC(=O)N(C)Cc2ccccc2)c1.Cl. The van der Waals surface area contributed by atoms with Gasteiger partial charge in [-0.3, -0.25) is 4.79 Å². The number of hydrogen-bond donors (Lipinski definition) is 3. The van der Waals surface area contributed by atoms with Crippen molar-refractivity contribution in [2.24, 2.45) is 0 Å². The van der Waals surface area contributed by atoms with Crippen LogP contribution in [0.5, 0.6) is 5.75 Å². The summed E-state index contributed by atoms with van der Waals surface area (Å²) < 4.78 is 5.11. The summed E-state index contributed by atoms with van der Waals surface area (Å²) in [6, 6.07) is 14.5. The Labute approximate surface area is 165 Å². The van der Waals surface area contributed by atoms with Gasteiger partial charge >= 0.3 is 6.03 Å². The highest BCUT2D eigenvalue weighted by Crippen LogP contribution is 2.24. The van der Waals surface area contributed by atoms with Gasteiger partial charge in [0.15, 0.2) is 0 Å². The Balaban J connectivity index is 0.00000364. The minimum Gasteiger partial charge on any atom is -0.497 e. The second-order valence-corrected chi connectivity index (χ2v) is 5.82. The molecule has 0 bridgehead atoms. The van der Waals surface area contributed by atoms with Gasteiger partial charge in [-0.1, -0.05) is 30.3 Å². The Morgan fingerprint density at radius 3 is 2.52 bits per heavy atom. The Bertz CT molecular complexity index is 756. The summed E-state index contributed by atoms with van der Waals surface area (Å²) in [5.41, 5.74) is 7.81. The summed E-state index contributed by atoms with van der Waals surface area (Å²) in [6.45, 7) is 0.729. The van der Waals surface area contributed by atoms with Gasteiger partial charge in [0, 0.05) is 32.6 Å². The Morgan fingerprint density at radius 2 is 1.85 bits per heavy atom. The lowest BCUT2D eigenvalue weighted by Gasteiger charge is -2.18. The van der Waals surface area contributed by atoms with Gasteiger partial charge in [-0.05, 0) is 17.7 Å². The van der Waals surface area contributed by atoms with Crippen molar-refractivity contribution in [2.75, 3.05) is 31.8 Å². The number of benzene rings is 2. The summed E-state index contributed by atoms with van der Waals surface area (Å²) in [4.78, 5) is 25.7. The fourth-order valence-corrected chi connectivity index (χ4v) is 2.33. The third-order valence-electron chi connectivity index (χ3n) is 3.77. The number of rotatable bonds is 7. The number of nitrogens with two attached hydrogens (primary N) is 1. The van der Waals surface area contributed by atoms with Crippen molar-refractivity contribution in [1.29, 1.82) is 0 Å². The first kappa shape index (κ1) is 22.1. The van der Waals surface area contributed by atoms with Gasteiger partial charge < -0.3 is 26.0 Å². The van der Waals surface area contributed by atoms with Gasteiger partial charge in [0.05, 0.1) is 18.5 Å². The van der Waals surface area contributed by atoms with Crippen LogP contribution in [0.4, 0.5) is 16.2 Å². The molecule has 0 fully saturated rings. The van der Waals surface area contributed by atoms with Crippen LogP contribution in [-0.2, 0) is 11.3 Å². The lowest BCUT2D eigenvalue weighted by atomic mass is 10.2. The molecule has 0 aromatic heterocycles. The molecule has 2 aromatic carbocycles. The number of amides is 3. The normalized spacial score (nSPS) is 9.70. The minimum absolute atomic E-state index is 0. The first-order chi connectivity index (χ1) is 12.5. The lowest BCUT2D eigenvalue weighted by Crippen LogP contribution is -2.38. The van der Waals surface area contributed by atoms with Crippen molar-refractivity contribution < 1.29 is 14.3 Å². The molecule has 0 heterocycles. The highest BCUT2D eigenvalue weighted by atomic mass is 35.5. The molecular formula is C19H25ClN4O3. The molecule has 8 heteroatoms. The largest absolute Gasteiger partial charge is 0.497 e. The van der Waals surface area contributed by atoms with E-state index in [9.17, 15) is 9.59 Å². The molecule has 27 heavy (non-hydrogen) atoms. The van der Waals surface area contributed by atoms with Crippen LogP contribution in [0.3, 0.4) is 0 Å². The summed E-state index contributed by atoms with van der Waals surface area (Å²) >= 11 is 0. The number of nitrogens with one attached hydrogen (secondary N) is 2. The zero-order valence-corrected chi connectivity index (χ0v) is 16.2. The molecular weight excluding hydrogens is 368 g/mol. The van der Waals surface area contributed by atoms with Crippen molar-refractivity contribution in [1.82, 2.24) is 10.2 Å². The fourth-order valence-electron chi connectivity index (χ4n) is 2.33. The molecule has 0 aliphatic carbocycles. The van der Waals surface area contributed by atoms with E-state index in [4.69, 9.17) is 10.5 Å². The zero-order chi connectivity index (χ0) is 18.9. The third kappa shape index (κ3) is 7.07. The van der Waals surface area contributed by atoms with Gasteiger partial charge in [0.25, 0.3) is 0 Å². The van der Waals surface area contributed by atoms with Crippen molar-refractivity contribution in [3.63, 3.8) is 0 Å². The van der Waals surface area contributed by atoms with E-state index in [1.807, 2.05) is 30.3 Å². The minimum atomic E-state index is -0.240. The number of nitrogens with zero attached hydrogens (tertiary/aromatic N) is 1. The van der Waals surface area contributed by atoms with Crippen molar-refractivity contribution >= 4 is 35.7 Å². The van der Waals surface area contributed by atoms with Crippen LogP contribution < -0.4 is 21.1 Å². The maximum absolute atomic E-state index is 12.1. The monoisotopic (exact) mass is 392 g/mol. The van der Waals surface area contributed by atoms with Gasteiger partial charge in [-0.2, -0.15) is 0 Å². The summed E-state index contributed by atoms with van der Waals surface area (Å²) in [6.07, 6.45) is 0.140. The van der Waals surface area contributed by atoms with Gasteiger partial charge in [0.2, 0.25) is 5.91 Å². The smallest absolute Gasteiger partial charge is 0.317 e. The number of anilines is 2. The van der Waals surface area contributed by atoms with E-state index < -0.39 is 0 Å². The molecule has 0 saturated carbocycles.